The molecule has 0 fully saturated rings. The Morgan fingerprint density at radius 1 is 0.129 bits per heavy atom. The standard InChI is InChI=1S/C48H28N2S2.C40H26N2.C36H24N2/c1-5-15-37-31(11-1)35-27-29(23-25-39(35)49(37)41-17-9-21-45-47(41)33-13-3-7-19-43(33)51-45)30-24-26-40-36(28-30)32-12-2-6-16-38(32)50(40)42-18-10-22-46-48(42)34-14-4-8-20-44(34)52-46;1-2-12-31(13-3-1)41-37-16-8-6-14-33(37)35-25-29(19-22-39(35)41)30-20-23-40-36(26-30)34-15-7-9-17-38(34)42(40)32-21-18-27-10-4-5-11-28(27)24-32;1-3-11-27(12-4-1)37-33-17-9-7-15-29(33)31-23-25(19-21-35(31)37)26-20-22-36-32(24-26)30-16-8-10-18-34(30)38(36)28-13-5-2-6-14-28/h1-28H;1-26H;1-24H. The number of para-hydroxylation sites is 9. The second-order valence-electron chi connectivity index (χ2n) is 34.5. The van der Waals surface area contributed by atoms with Crippen LogP contribution in [0, 0.1) is 0 Å². The Balaban J connectivity index is 0.000000103. The predicted molar refractivity (Wildman–Crippen MR) is 565 cm³/mol. The van der Waals surface area contributed by atoms with Crippen molar-refractivity contribution < 1.29 is 0 Å². The van der Waals surface area contributed by atoms with E-state index in [1.54, 1.807) is 0 Å². The molecule has 0 aliphatic heterocycles. The first-order valence-corrected chi connectivity index (χ1v) is 46.8. The van der Waals surface area contributed by atoms with Gasteiger partial charge >= 0.3 is 0 Å². The average molecular weight is 1720 g/mol. The summed E-state index contributed by atoms with van der Waals surface area (Å²) in [6.45, 7) is 0. The number of thiophene rings is 2. The number of benzene rings is 21. The summed E-state index contributed by atoms with van der Waals surface area (Å²) in [5.74, 6) is 0. The van der Waals surface area contributed by atoms with E-state index in [1.165, 1.54) is 249 Å². The highest BCUT2D eigenvalue weighted by molar-refractivity contribution is 7.26. The molecule has 0 amide bonds. The fourth-order valence-electron chi connectivity index (χ4n) is 21.5. The minimum Gasteiger partial charge on any atom is -0.309 e. The third kappa shape index (κ3) is 11.9. The third-order valence-electron chi connectivity index (χ3n) is 27.3. The van der Waals surface area contributed by atoms with E-state index in [9.17, 15) is 0 Å². The molecule has 0 bridgehead atoms. The molecule has 0 saturated heterocycles. The highest BCUT2D eigenvalue weighted by Crippen LogP contribution is 2.48. The first-order chi connectivity index (χ1) is 65.5. The van der Waals surface area contributed by atoms with Gasteiger partial charge in [0, 0.05) is 128 Å². The van der Waals surface area contributed by atoms with Crippen LogP contribution in [0.5, 0.6) is 0 Å². The van der Waals surface area contributed by atoms with Crippen LogP contribution in [-0.4, -0.2) is 27.4 Å². The van der Waals surface area contributed by atoms with Crippen molar-refractivity contribution in [1.82, 2.24) is 27.4 Å². The van der Waals surface area contributed by atoms with Gasteiger partial charge in [0.2, 0.25) is 0 Å². The van der Waals surface area contributed by atoms with E-state index in [0.717, 1.165) is 0 Å². The lowest BCUT2D eigenvalue weighted by molar-refractivity contribution is 1.18. The lowest BCUT2D eigenvalue weighted by Crippen LogP contribution is -1.94. The van der Waals surface area contributed by atoms with Crippen LogP contribution < -0.4 is 0 Å². The Morgan fingerprint density at radius 2 is 0.364 bits per heavy atom. The van der Waals surface area contributed by atoms with Crippen LogP contribution in [0.25, 0.3) is 249 Å². The number of fused-ring (bicyclic) bond motifs is 25. The number of hydrogen-bond acceptors (Lipinski definition) is 2. The quantitative estimate of drug-likeness (QED) is 0.138. The Hall–Kier alpha value is -16.9. The summed E-state index contributed by atoms with van der Waals surface area (Å²) in [5.41, 5.74) is 29.2. The number of aromatic nitrogens is 6. The van der Waals surface area contributed by atoms with Gasteiger partial charge in [-0.1, -0.05) is 279 Å². The van der Waals surface area contributed by atoms with E-state index >= 15 is 0 Å². The van der Waals surface area contributed by atoms with Crippen molar-refractivity contribution >= 4 is 205 Å². The SMILES string of the molecule is c1ccc(-n2c3ccccc3c3cc(-c4ccc5c(c4)c4ccccc4n5-c4ccc5ccccc5c4)ccc32)cc1.c1ccc(-n2c3ccccc3c3cc(-c4ccc5c(c4)c4ccccc4n5-c4ccccc4)ccc32)cc1.c1ccc2c(c1)sc1cccc(-n3c4ccccc4c4cc(-c5ccc6c(c5)c5ccccc5n6-c5cccc6sc7ccccc7c56)ccc43)c12. The van der Waals surface area contributed by atoms with Gasteiger partial charge in [0.25, 0.3) is 0 Å². The molecule has 0 saturated carbocycles. The summed E-state index contributed by atoms with van der Waals surface area (Å²) in [4.78, 5) is 0. The van der Waals surface area contributed by atoms with Gasteiger partial charge < -0.3 is 27.4 Å². The summed E-state index contributed by atoms with van der Waals surface area (Å²) in [7, 11) is 0. The van der Waals surface area contributed by atoms with Gasteiger partial charge in [-0.05, 0) is 238 Å². The van der Waals surface area contributed by atoms with E-state index in [1.807, 2.05) is 22.7 Å². The van der Waals surface area contributed by atoms with Gasteiger partial charge in [-0.3, -0.25) is 0 Å². The first-order valence-electron chi connectivity index (χ1n) is 45.2. The van der Waals surface area contributed by atoms with Gasteiger partial charge in [0.05, 0.1) is 77.6 Å². The second-order valence-corrected chi connectivity index (χ2v) is 36.7. The fraction of sp³-hybridized carbons (Fsp3) is 0. The monoisotopic (exact) mass is 1710 g/mol. The molecule has 0 N–H and O–H groups in total. The molecule has 21 aromatic carbocycles. The van der Waals surface area contributed by atoms with Crippen molar-refractivity contribution in [2.45, 2.75) is 0 Å². The topological polar surface area (TPSA) is 29.6 Å². The summed E-state index contributed by atoms with van der Waals surface area (Å²) in [6.07, 6.45) is 0. The Bertz CT molecular complexity index is 9370. The second kappa shape index (κ2) is 30.4. The maximum absolute atomic E-state index is 2.47. The van der Waals surface area contributed by atoms with Crippen molar-refractivity contribution in [2.75, 3.05) is 0 Å². The summed E-state index contributed by atoms with van der Waals surface area (Å²) >= 11 is 3.74. The van der Waals surface area contributed by atoms with E-state index < -0.39 is 0 Å². The van der Waals surface area contributed by atoms with Crippen LogP contribution in [0.3, 0.4) is 0 Å². The smallest absolute Gasteiger partial charge is 0.0555 e. The Kier molecular flexibility index (Phi) is 17.3. The molecular weight excluding hydrogens is 1640 g/mol. The third-order valence-corrected chi connectivity index (χ3v) is 29.6. The molecule has 8 aromatic heterocycles. The van der Waals surface area contributed by atoms with E-state index in [-0.39, 0.29) is 0 Å². The van der Waals surface area contributed by atoms with Crippen LogP contribution in [0.15, 0.2) is 473 Å². The van der Waals surface area contributed by atoms with Gasteiger partial charge in [0.15, 0.2) is 0 Å². The van der Waals surface area contributed by atoms with Crippen LogP contribution in [0.1, 0.15) is 0 Å². The molecule has 29 aromatic rings. The van der Waals surface area contributed by atoms with Crippen LogP contribution in [-0.2, 0) is 0 Å². The zero-order valence-corrected chi connectivity index (χ0v) is 73.2. The maximum Gasteiger partial charge on any atom is 0.0555 e. The Morgan fingerprint density at radius 3 is 0.682 bits per heavy atom. The van der Waals surface area contributed by atoms with Crippen molar-refractivity contribution in [1.29, 1.82) is 0 Å². The minimum atomic E-state index is 1.18. The highest BCUT2D eigenvalue weighted by Gasteiger charge is 2.24. The van der Waals surface area contributed by atoms with Crippen LogP contribution >= 0.6 is 22.7 Å². The number of rotatable bonds is 9. The zero-order chi connectivity index (χ0) is 86.6. The summed E-state index contributed by atoms with van der Waals surface area (Å²) in [6, 6.07) is 173. The molecule has 132 heavy (non-hydrogen) atoms. The van der Waals surface area contributed by atoms with Gasteiger partial charge in [-0.2, -0.15) is 0 Å². The van der Waals surface area contributed by atoms with E-state index in [4.69, 9.17) is 0 Å². The van der Waals surface area contributed by atoms with E-state index in [0.29, 0.717) is 0 Å². The Labute approximate surface area is 766 Å². The lowest BCUT2D eigenvalue weighted by Gasteiger charge is -2.11. The van der Waals surface area contributed by atoms with Crippen molar-refractivity contribution in [3.8, 4) is 67.5 Å². The van der Waals surface area contributed by atoms with Crippen LogP contribution in [0.2, 0.25) is 0 Å². The highest BCUT2D eigenvalue weighted by atomic mass is 32.1. The average Bonchev–Trinajstić information content (AvgIpc) is 1.56. The first kappa shape index (κ1) is 75.3. The molecule has 0 aliphatic carbocycles. The molecule has 0 spiro atoms. The maximum atomic E-state index is 2.47. The number of hydrogen-bond donors (Lipinski definition) is 0. The molecule has 616 valence electrons. The van der Waals surface area contributed by atoms with Gasteiger partial charge in [0.1, 0.15) is 0 Å². The van der Waals surface area contributed by atoms with Crippen molar-refractivity contribution in [2.24, 2.45) is 0 Å². The zero-order valence-electron chi connectivity index (χ0n) is 71.5. The van der Waals surface area contributed by atoms with Crippen molar-refractivity contribution in [3.05, 3.63) is 473 Å². The normalized spacial score (nSPS) is 11.9. The minimum absolute atomic E-state index is 1.18. The largest absolute Gasteiger partial charge is 0.309 e. The molecule has 0 aliphatic rings. The molecule has 0 atom stereocenters. The molecule has 29 rings (SSSR count). The summed E-state index contributed by atoms with van der Waals surface area (Å²) in [5, 5.41) is 23.0. The van der Waals surface area contributed by atoms with Gasteiger partial charge in [-0.15, -0.1) is 22.7 Å². The van der Waals surface area contributed by atoms with Gasteiger partial charge in [-0.25, -0.2) is 0 Å². The molecule has 8 heteroatoms. The number of nitrogens with zero attached hydrogens (tertiary/aromatic N) is 6. The fourth-order valence-corrected chi connectivity index (χ4v) is 23.7. The van der Waals surface area contributed by atoms with E-state index in [2.05, 4.69) is 501 Å². The molecule has 6 nitrogen and oxygen atoms in total. The molecular formula is C124H78N6S2. The predicted octanol–water partition coefficient (Wildman–Crippen LogP) is 34.5. The molecule has 8 heterocycles. The van der Waals surface area contributed by atoms with Crippen molar-refractivity contribution in [3.63, 3.8) is 0 Å². The summed E-state index contributed by atoms with van der Waals surface area (Å²) < 4.78 is 19.7. The molecule has 0 unspecified atom stereocenters. The lowest BCUT2D eigenvalue weighted by atomic mass is 10.0. The molecule has 0 radical (unpaired) electrons. The van der Waals surface area contributed by atoms with Crippen LogP contribution in [0.4, 0.5) is 0 Å².